The molecule has 29 heavy (non-hydrogen) atoms. The van der Waals surface area contributed by atoms with E-state index in [1.54, 1.807) is 7.11 Å². The Morgan fingerprint density at radius 1 is 1.28 bits per heavy atom. The number of rotatable bonds is 7. The number of aromatic nitrogens is 1. The standard InChI is InChI=1S/C22H32N4O3/c1-15(21(27)23-9-12-25(2)3)16-7-10-26(11-8-16)22(28)20-13-17-5-6-18(29-4)14-19(17)24-20/h5-6,13-16,24H,7-12H2,1-4H3,(H,23,27)/t15-/m0/s1. The lowest BCUT2D eigenvalue weighted by atomic mass is 9.84. The van der Waals surface area contributed by atoms with Crippen LogP contribution in [0, 0.1) is 11.8 Å². The Labute approximate surface area is 172 Å². The summed E-state index contributed by atoms with van der Waals surface area (Å²) in [7, 11) is 5.61. The lowest BCUT2D eigenvalue weighted by Gasteiger charge is -2.34. The fourth-order valence-electron chi connectivity index (χ4n) is 3.90. The highest BCUT2D eigenvalue weighted by Crippen LogP contribution is 2.27. The highest BCUT2D eigenvalue weighted by Gasteiger charge is 2.30. The minimum absolute atomic E-state index is 0.0155. The number of nitrogens with one attached hydrogen (secondary N) is 2. The molecule has 1 fully saturated rings. The number of amides is 2. The molecular formula is C22H32N4O3. The van der Waals surface area contributed by atoms with Crippen LogP contribution < -0.4 is 10.1 Å². The average Bonchev–Trinajstić information content (AvgIpc) is 3.15. The predicted molar refractivity (Wildman–Crippen MR) is 114 cm³/mol. The number of likely N-dealkylation sites (tertiary alicyclic amines) is 1. The van der Waals surface area contributed by atoms with Crippen LogP contribution in [0.5, 0.6) is 5.75 Å². The largest absolute Gasteiger partial charge is 0.497 e. The number of methoxy groups -OCH3 is 1. The van der Waals surface area contributed by atoms with Gasteiger partial charge in [0.05, 0.1) is 7.11 Å². The molecule has 0 aliphatic carbocycles. The summed E-state index contributed by atoms with van der Waals surface area (Å²) in [5, 5.41) is 4.01. The molecule has 2 N–H and O–H groups in total. The lowest BCUT2D eigenvalue weighted by Crippen LogP contribution is -2.43. The smallest absolute Gasteiger partial charge is 0.270 e. The summed E-state index contributed by atoms with van der Waals surface area (Å²) >= 11 is 0. The molecule has 1 aliphatic rings. The molecule has 7 nitrogen and oxygen atoms in total. The normalized spacial score (nSPS) is 16.2. The van der Waals surface area contributed by atoms with Gasteiger partial charge in [-0.15, -0.1) is 0 Å². The van der Waals surface area contributed by atoms with Crippen LogP contribution in [0.2, 0.25) is 0 Å². The molecular weight excluding hydrogens is 368 g/mol. The quantitative estimate of drug-likeness (QED) is 0.748. The number of aromatic amines is 1. The van der Waals surface area contributed by atoms with Crippen molar-refractivity contribution in [2.45, 2.75) is 19.8 Å². The Balaban J connectivity index is 1.54. The van der Waals surface area contributed by atoms with Crippen LogP contribution in [0.4, 0.5) is 0 Å². The van der Waals surface area contributed by atoms with Crippen LogP contribution >= 0.6 is 0 Å². The van der Waals surface area contributed by atoms with Gasteiger partial charge in [0, 0.05) is 49.1 Å². The van der Waals surface area contributed by atoms with Crippen LogP contribution in [0.15, 0.2) is 24.3 Å². The van der Waals surface area contributed by atoms with E-state index >= 15 is 0 Å². The van der Waals surface area contributed by atoms with Crippen molar-refractivity contribution in [1.29, 1.82) is 0 Å². The number of benzene rings is 1. The number of carbonyl (C=O) groups excluding carboxylic acids is 2. The molecule has 1 aromatic carbocycles. The molecule has 1 aromatic heterocycles. The van der Waals surface area contributed by atoms with Gasteiger partial charge in [0.25, 0.3) is 5.91 Å². The van der Waals surface area contributed by atoms with E-state index in [-0.39, 0.29) is 17.7 Å². The molecule has 3 rings (SSSR count). The van der Waals surface area contributed by atoms with Crippen LogP contribution in [0.3, 0.4) is 0 Å². The van der Waals surface area contributed by atoms with Crippen molar-refractivity contribution in [2.24, 2.45) is 11.8 Å². The average molecular weight is 401 g/mol. The highest BCUT2D eigenvalue weighted by atomic mass is 16.5. The summed E-state index contributed by atoms with van der Waals surface area (Å²) in [4.78, 5) is 32.5. The first-order chi connectivity index (χ1) is 13.9. The molecule has 2 amide bonds. The van der Waals surface area contributed by atoms with E-state index < -0.39 is 0 Å². The first-order valence-electron chi connectivity index (χ1n) is 10.3. The monoisotopic (exact) mass is 400 g/mol. The number of hydrogen-bond acceptors (Lipinski definition) is 4. The van der Waals surface area contributed by atoms with Gasteiger partial charge in [-0.3, -0.25) is 9.59 Å². The van der Waals surface area contributed by atoms with Crippen molar-refractivity contribution < 1.29 is 14.3 Å². The summed E-state index contributed by atoms with van der Waals surface area (Å²) in [6.45, 7) is 4.85. The van der Waals surface area contributed by atoms with Crippen LogP contribution in [0.1, 0.15) is 30.3 Å². The Morgan fingerprint density at radius 2 is 2.00 bits per heavy atom. The van der Waals surface area contributed by atoms with Crippen molar-refractivity contribution in [1.82, 2.24) is 20.1 Å². The van der Waals surface area contributed by atoms with E-state index in [4.69, 9.17) is 4.74 Å². The molecule has 0 spiro atoms. The number of ether oxygens (including phenoxy) is 1. The first kappa shape index (κ1) is 21.2. The molecule has 1 saturated heterocycles. The van der Waals surface area contributed by atoms with E-state index in [2.05, 4.69) is 15.2 Å². The van der Waals surface area contributed by atoms with Crippen LogP contribution in [0.25, 0.3) is 10.9 Å². The number of nitrogens with zero attached hydrogens (tertiary/aromatic N) is 2. The van der Waals surface area contributed by atoms with Crippen molar-refractivity contribution in [3.05, 3.63) is 30.0 Å². The topological polar surface area (TPSA) is 77.7 Å². The third-order valence-electron chi connectivity index (χ3n) is 5.87. The summed E-state index contributed by atoms with van der Waals surface area (Å²) in [5.41, 5.74) is 1.49. The first-order valence-corrected chi connectivity index (χ1v) is 10.3. The molecule has 2 aromatic rings. The van der Waals surface area contributed by atoms with Gasteiger partial charge in [-0.2, -0.15) is 0 Å². The van der Waals surface area contributed by atoms with Gasteiger partial charge in [-0.1, -0.05) is 6.92 Å². The molecule has 0 saturated carbocycles. The van der Waals surface area contributed by atoms with Crippen molar-refractivity contribution in [3.8, 4) is 5.75 Å². The van der Waals surface area contributed by atoms with Crippen molar-refractivity contribution >= 4 is 22.7 Å². The zero-order chi connectivity index (χ0) is 21.0. The Kier molecular flexibility index (Phi) is 6.79. The number of piperidine rings is 1. The molecule has 0 unspecified atom stereocenters. The fourth-order valence-corrected chi connectivity index (χ4v) is 3.90. The van der Waals surface area contributed by atoms with Crippen molar-refractivity contribution in [3.63, 3.8) is 0 Å². The van der Waals surface area contributed by atoms with Crippen LogP contribution in [-0.4, -0.2) is 74.0 Å². The van der Waals surface area contributed by atoms with Gasteiger partial charge in [-0.05, 0) is 51.1 Å². The molecule has 0 bridgehead atoms. The maximum absolute atomic E-state index is 12.9. The van der Waals surface area contributed by atoms with Gasteiger partial charge in [0.1, 0.15) is 11.4 Å². The second-order valence-corrected chi connectivity index (χ2v) is 8.15. The molecule has 7 heteroatoms. The van der Waals surface area contributed by atoms with Crippen molar-refractivity contribution in [2.75, 3.05) is 47.4 Å². The van der Waals surface area contributed by atoms with Gasteiger partial charge in [0.15, 0.2) is 0 Å². The third-order valence-corrected chi connectivity index (χ3v) is 5.87. The third kappa shape index (κ3) is 5.09. The Morgan fingerprint density at radius 3 is 2.66 bits per heavy atom. The number of H-pyrrole nitrogens is 1. The summed E-state index contributed by atoms with van der Waals surface area (Å²) in [6.07, 6.45) is 1.70. The van der Waals surface area contributed by atoms with E-state index in [1.807, 2.05) is 50.2 Å². The van der Waals surface area contributed by atoms with E-state index in [0.717, 1.165) is 36.0 Å². The molecule has 158 valence electrons. The number of hydrogen-bond donors (Lipinski definition) is 2. The van der Waals surface area contributed by atoms with Gasteiger partial charge < -0.3 is 24.8 Å². The molecule has 1 atom stereocenters. The lowest BCUT2D eigenvalue weighted by molar-refractivity contribution is -0.126. The maximum Gasteiger partial charge on any atom is 0.270 e. The Bertz CT molecular complexity index is 853. The second kappa shape index (κ2) is 9.31. The van der Waals surface area contributed by atoms with E-state index in [1.165, 1.54) is 0 Å². The summed E-state index contributed by atoms with van der Waals surface area (Å²) in [5.74, 6) is 1.17. The number of likely N-dealkylation sites (N-methyl/N-ethyl adjacent to an activating group) is 1. The summed E-state index contributed by atoms with van der Waals surface area (Å²) < 4.78 is 5.25. The SMILES string of the molecule is COc1ccc2cc(C(=O)N3CCC([C@H](C)C(=O)NCCN(C)C)CC3)[nH]c2c1. The van der Waals surface area contributed by atoms with Gasteiger partial charge >= 0.3 is 0 Å². The molecule has 1 aliphatic heterocycles. The zero-order valence-electron chi connectivity index (χ0n) is 17.8. The fraction of sp³-hybridized carbons (Fsp3) is 0.545. The minimum atomic E-state index is -0.0324. The highest BCUT2D eigenvalue weighted by molar-refractivity contribution is 5.98. The predicted octanol–water partition coefficient (Wildman–Crippen LogP) is 2.34. The second-order valence-electron chi connectivity index (χ2n) is 8.15. The summed E-state index contributed by atoms with van der Waals surface area (Å²) in [6, 6.07) is 7.63. The maximum atomic E-state index is 12.9. The van der Waals surface area contributed by atoms with Gasteiger partial charge in [0.2, 0.25) is 5.91 Å². The zero-order valence-corrected chi connectivity index (χ0v) is 17.8. The Hall–Kier alpha value is -2.54. The number of fused-ring (bicyclic) bond motifs is 1. The van der Waals surface area contributed by atoms with E-state index in [9.17, 15) is 9.59 Å². The minimum Gasteiger partial charge on any atom is -0.497 e. The number of carbonyl (C=O) groups is 2. The van der Waals surface area contributed by atoms with E-state index in [0.29, 0.717) is 31.2 Å². The van der Waals surface area contributed by atoms with Crippen LogP contribution in [-0.2, 0) is 4.79 Å². The molecule has 2 heterocycles. The van der Waals surface area contributed by atoms with Gasteiger partial charge in [-0.25, -0.2) is 0 Å². The molecule has 0 radical (unpaired) electrons.